The molecule has 0 aliphatic heterocycles. The lowest BCUT2D eigenvalue weighted by molar-refractivity contribution is -0.274. The second-order valence-electron chi connectivity index (χ2n) is 5.29. The van der Waals surface area contributed by atoms with Gasteiger partial charge in [-0.3, -0.25) is 10.2 Å². The van der Waals surface area contributed by atoms with Crippen LogP contribution in [0.15, 0.2) is 30.3 Å². The van der Waals surface area contributed by atoms with Gasteiger partial charge in [0.2, 0.25) is 5.78 Å². The number of phenols is 2. The minimum Gasteiger partial charge on any atom is -0.507 e. The fourth-order valence-electron chi connectivity index (χ4n) is 2.61. The van der Waals surface area contributed by atoms with Crippen LogP contribution in [0.1, 0.15) is 15.9 Å². The quantitative estimate of drug-likeness (QED) is 0.664. The van der Waals surface area contributed by atoms with E-state index in [1.165, 1.54) is 24.3 Å². The molecule has 134 valence electrons. The molecule has 0 atom stereocenters. The zero-order valence-corrected chi connectivity index (χ0v) is 13.4. The Morgan fingerprint density at radius 3 is 2.35 bits per heavy atom. The average Bonchev–Trinajstić information content (AvgIpc) is 2.55. The predicted molar refractivity (Wildman–Crippen MR) is 88.0 cm³/mol. The number of ketones is 1. The van der Waals surface area contributed by atoms with Crippen molar-refractivity contribution in [3.8, 4) is 28.4 Å². The van der Waals surface area contributed by atoms with E-state index < -0.39 is 45.7 Å². The second-order valence-corrected chi connectivity index (χ2v) is 5.67. The summed E-state index contributed by atoms with van der Waals surface area (Å²) in [5.41, 5.74) is -1.53. The number of alkyl halides is 3. The van der Waals surface area contributed by atoms with Crippen molar-refractivity contribution < 1.29 is 32.9 Å². The number of aromatic hydroxyl groups is 2. The van der Waals surface area contributed by atoms with Crippen molar-refractivity contribution in [1.82, 2.24) is 0 Å². The molecular weight excluding hydrogens is 375 g/mol. The van der Waals surface area contributed by atoms with E-state index in [1.54, 1.807) is 0 Å². The van der Waals surface area contributed by atoms with Gasteiger partial charge in [-0.1, -0.05) is 29.8 Å². The number of Topliss-reactive ketones (excluding diaryl/α,β-unsaturated/α-hetero) is 1. The predicted octanol–water partition coefficient (Wildman–Crippen LogP) is 4.55. The van der Waals surface area contributed by atoms with Crippen molar-refractivity contribution in [2.24, 2.45) is 0 Å². The van der Waals surface area contributed by atoms with Crippen LogP contribution >= 0.6 is 11.6 Å². The molecule has 1 aliphatic rings. The molecule has 0 heterocycles. The summed E-state index contributed by atoms with van der Waals surface area (Å²) in [5.74, 6) is -2.87. The summed E-state index contributed by atoms with van der Waals surface area (Å²) < 4.78 is 41.9. The topological polar surface area (TPSA) is 90.6 Å². The Hall–Kier alpha value is -3.00. The third-order valence-corrected chi connectivity index (χ3v) is 4.06. The number of benzene rings is 2. The Labute approximate surface area is 149 Å². The van der Waals surface area contributed by atoms with Gasteiger partial charge in [0.1, 0.15) is 23.0 Å². The number of phenolic OH excluding ortho intramolecular Hbond substituents is 2. The van der Waals surface area contributed by atoms with Crippen molar-refractivity contribution >= 4 is 29.2 Å². The first-order valence-corrected chi connectivity index (χ1v) is 7.43. The van der Waals surface area contributed by atoms with Crippen molar-refractivity contribution in [3.05, 3.63) is 46.5 Å². The van der Waals surface area contributed by atoms with Gasteiger partial charge in [0, 0.05) is 11.1 Å². The Balaban J connectivity index is 2.31. The number of carbonyl (C=O) groups is 1. The van der Waals surface area contributed by atoms with Gasteiger partial charge in [-0.25, -0.2) is 0 Å². The largest absolute Gasteiger partial charge is 0.573 e. The molecule has 0 unspecified atom stereocenters. The van der Waals surface area contributed by atoms with E-state index in [-0.39, 0.29) is 16.7 Å². The first-order valence-electron chi connectivity index (χ1n) is 7.05. The molecule has 3 rings (SSSR count). The van der Waals surface area contributed by atoms with Crippen LogP contribution in [0.4, 0.5) is 13.2 Å². The third kappa shape index (κ3) is 2.88. The van der Waals surface area contributed by atoms with Crippen molar-refractivity contribution in [1.29, 1.82) is 5.41 Å². The highest BCUT2D eigenvalue weighted by molar-refractivity contribution is 6.52. The molecule has 0 bridgehead atoms. The molecule has 0 radical (unpaired) electrons. The molecular formula is C17H9ClF3NO4. The van der Waals surface area contributed by atoms with Crippen molar-refractivity contribution in [2.45, 2.75) is 6.36 Å². The van der Waals surface area contributed by atoms with E-state index in [1.807, 2.05) is 0 Å². The number of hydrogen-bond acceptors (Lipinski definition) is 5. The Bertz CT molecular complexity index is 983. The smallest absolute Gasteiger partial charge is 0.507 e. The highest BCUT2D eigenvalue weighted by Crippen LogP contribution is 2.50. The molecule has 0 saturated heterocycles. The number of para-hydroxylation sites is 1. The highest BCUT2D eigenvalue weighted by atomic mass is 35.5. The van der Waals surface area contributed by atoms with Gasteiger partial charge in [-0.05, 0) is 18.2 Å². The molecule has 9 heteroatoms. The molecule has 26 heavy (non-hydrogen) atoms. The van der Waals surface area contributed by atoms with Crippen molar-refractivity contribution in [3.63, 3.8) is 0 Å². The lowest BCUT2D eigenvalue weighted by Crippen LogP contribution is -2.18. The van der Waals surface area contributed by atoms with Gasteiger partial charge < -0.3 is 14.9 Å². The Kier molecular flexibility index (Phi) is 4.15. The standard InChI is InChI=1S/C17H9ClF3NO4/c18-13-11(7-3-1-2-4-10(7)26-17(19,20)21)14(23)8-5-6-9(22)15(24)12(8)16(13)25/h1-6,22-23,25H. The molecule has 0 aromatic heterocycles. The molecule has 2 aromatic rings. The molecule has 3 N–H and O–H groups in total. The Morgan fingerprint density at radius 1 is 1.04 bits per heavy atom. The normalized spacial score (nSPS) is 13.7. The average molecular weight is 384 g/mol. The number of carbonyl (C=O) groups excluding carboxylic acids is 1. The number of allylic oxidation sites excluding steroid dienone is 1. The van der Waals surface area contributed by atoms with E-state index >= 15 is 0 Å². The fraction of sp³-hybridized carbons (Fsp3) is 0.0588. The number of nitrogens with one attached hydrogen (secondary N) is 1. The summed E-state index contributed by atoms with van der Waals surface area (Å²) in [6.07, 6.45) is -2.69. The summed E-state index contributed by atoms with van der Waals surface area (Å²) in [7, 11) is 0. The summed E-state index contributed by atoms with van der Waals surface area (Å²) in [6.45, 7) is 0. The number of halogens is 4. The minimum absolute atomic E-state index is 0.148. The fourth-order valence-corrected chi connectivity index (χ4v) is 2.90. The monoisotopic (exact) mass is 383 g/mol. The van der Waals surface area contributed by atoms with Crippen LogP contribution in [0.5, 0.6) is 17.2 Å². The molecule has 0 saturated carbocycles. The highest BCUT2D eigenvalue weighted by Gasteiger charge is 2.34. The maximum absolute atomic E-state index is 12.6. The third-order valence-electron chi connectivity index (χ3n) is 3.70. The summed E-state index contributed by atoms with van der Waals surface area (Å²) in [6, 6.07) is 4.91. The molecule has 5 nitrogen and oxygen atoms in total. The van der Waals surface area contributed by atoms with E-state index in [0.717, 1.165) is 12.1 Å². The first kappa shape index (κ1) is 17.8. The van der Waals surface area contributed by atoms with Crippen LogP contribution in [-0.4, -0.2) is 28.1 Å². The van der Waals surface area contributed by atoms with Gasteiger partial charge in [-0.2, -0.15) is 0 Å². The zero-order chi connectivity index (χ0) is 19.2. The van der Waals surface area contributed by atoms with Gasteiger partial charge in [0.15, 0.2) is 0 Å². The van der Waals surface area contributed by atoms with Crippen LogP contribution in [-0.2, 0) is 0 Å². The lowest BCUT2D eigenvalue weighted by Gasteiger charge is -2.20. The van der Waals surface area contributed by atoms with Crippen LogP contribution in [0.25, 0.3) is 17.2 Å². The molecule has 0 amide bonds. The number of ether oxygens (including phenoxy) is 1. The van der Waals surface area contributed by atoms with Gasteiger partial charge in [0.25, 0.3) is 0 Å². The Morgan fingerprint density at radius 2 is 1.69 bits per heavy atom. The number of rotatable bonds is 2. The molecule has 1 aliphatic carbocycles. The van der Waals surface area contributed by atoms with Crippen LogP contribution in [0, 0.1) is 5.41 Å². The molecule has 0 spiro atoms. The maximum Gasteiger partial charge on any atom is 0.573 e. The maximum atomic E-state index is 12.6. The summed E-state index contributed by atoms with van der Waals surface area (Å²) >= 11 is 6.03. The second kappa shape index (κ2) is 6.06. The van der Waals surface area contributed by atoms with Crippen molar-refractivity contribution in [2.75, 3.05) is 0 Å². The number of fused-ring (bicyclic) bond motifs is 1. The first-order chi connectivity index (χ1) is 12.1. The van der Waals surface area contributed by atoms with Crippen LogP contribution in [0.3, 0.4) is 0 Å². The summed E-state index contributed by atoms with van der Waals surface area (Å²) in [4.78, 5) is 12.1. The SMILES string of the molecule is N=C1C=Cc2c(O)c(-c3ccccc3OC(F)(F)F)c(Cl)c(O)c2C1=O. The van der Waals surface area contributed by atoms with Gasteiger partial charge in [-0.15, -0.1) is 13.2 Å². The van der Waals surface area contributed by atoms with Crippen LogP contribution in [0.2, 0.25) is 5.02 Å². The van der Waals surface area contributed by atoms with Gasteiger partial charge >= 0.3 is 6.36 Å². The zero-order valence-electron chi connectivity index (χ0n) is 12.7. The van der Waals surface area contributed by atoms with E-state index in [9.17, 15) is 28.2 Å². The minimum atomic E-state index is -4.99. The van der Waals surface area contributed by atoms with Gasteiger partial charge in [0.05, 0.1) is 16.1 Å². The van der Waals surface area contributed by atoms with E-state index in [2.05, 4.69) is 4.74 Å². The van der Waals surface area contributed by atoms with E-state index in [0.29, 0.717) is 0 Å². The van der Waals surface area contributed by atoms with E-state index in [4.69, 9.17) is 17.0 Å². The lowest BCUT2D eigenvalue weighted by atomic mass is 9.89. The molecule has 0 fully saturated rings. The molecule has 2 aromatic carbocycles. The number of hydrogen-bond donors (Lipinski definition) is 3. The van der Waals surface area contributed by atoms with Crippen LogP contribution < -0.4 is 4.74 Å². The summed E-state index contributed by atoms with van der Waals surface area (Å²) in [5, 5.41) is 27.7.